The van der Waals surface area contributed by atoms with Crippen molar-refractivity contribution in [1.29, 1.82) is 5.26 Å². The van der Waals surface area contributed by atoms with Crippen LogP contribution in [-0.4, -0.2) is 63.4 Å². The highest BCUT2D eigenvalue weighted by atomic mass is 32.2. The Morgan fingerprint density at radius 1 is 1.00 bits per heavy atom. The minimum absolute atomic E-state index is 0.0295. The van der Waals surface area contributed by atoms with Gasteiger partial charge in [0, 0.05) is 37.5 Å². The summed E-state index contributed by atoms with van der Waals surface area (Å²) in [5.74, 6) is -1.46. The van der Waals surface area contributed by atoms with E-state index in [9.17, 15) is 28.1 Å². The summed E-state index contributed by atoms with van der Waals surface area (Å²) in [5.41, 5.74) is 2.19. The lowest BCUT2D eigenvalue weighted by molar-refractivity contribution is -0.149. The molecule has 52 heavy (non-hydrogen) atoms. The quantitative estimate of drug-likeness (QED) is 0.122. The average Bonchev–Trinajstić information content (AvgIpc) is 3.68. The number of sulfonamides is 1. The van der Waals surface area contributed by atoms with Crippen molar-refractivity contribution in [2.75, 3.05) is 25.0 Å². The second-order valence-corrected chi connectivity index (χ2v) is 14.2. The van der Waals surface area contributed by atoms with E-state index in [1.54, 1.807) is 72.9 Å². The van der Waals surface area contributed by atoms with Crippen LogP contribution in [0.15, 0.2) is 106 Å². The number of nitriles is 1. The average molecular weight is 720 g/mol. The van der Waals surface area contributed by atoms with E-state index in [0.717, 1.165) is 0 Å². The van der Waals surface area contributed by atoms with Crippen LogP contribution in [0.1, 0.15) is 31.0 Å². The van der Waals surface area contributed by atoms with Crippen molar-refractivity contribution in [3.05, 3.63) is 118 Å². The number of amides is 1. The maximum Gasteiger partial charge on any atom is 0.309 e. The number of carbonyl (C=O) groups excluding carboxylic acids is 2. The molecule has 3 aromatic carbocycles. The van der Waals surface area contributed by atoms with E-state index in [0.29, 0.717) is 46.7 Å². The minimum atomic E-state index is -3.94. The summed E-state index contributed by atoms with van der Waals surface area (Å²) in [4.78, 5) is 39.3. The predicted octanol–water partition coefficient (Wildman–Crippen LogP) is 4.85. The zero-order valence-corrected chi connectivity index (χ0v) is 29.7. The Kier molecular flexibility index (Phi) is 10.4. The molecule has 0 atom stereocenters. The summed E-state index contributed by atoms with van der Waals surface area (Å²) < 4.78 is 38.7. The molecule has 0 bridgehead atoms. The number of ether oxygens (including phenoxy) is 1. The third kappa shape index (κ3) is 7.09. The largest absolute Gasteiger partial charge is 0.466 e. The van der Waals surface area contributed by atoms with Crippen LogP contribution in [0.4, 0.5) is 5.69 Å². The molecule has 0 radical (unpaired) electrons. The summed E-state index contributed by atoms with van der Waals surface area (Å²) in [6, 6.07) is 26.4. The molecule has 14 heteroatoms. The maximum atomic E-state index is 13.8. The van der Waals surface area contributed by atoms with Gasteiger partial charge in [0.05, 0.1) is 34.5 Å². The van der Waals surface area contributed by atoms with Gasteiger partial charge in [-0.1, -0.05) is 48.5 Å². The van der Waals surface area contributed by atoms with Crippen LogP contribution in [0.3, 0.4) is 0 Å². The van der Waals surface area contributed by atoms with Gasteiger partial charge in [-0.05, 0) is 69.2 Å². The first-order chi connectivity index (χ1) is 25.0. The van der Waals surface area contributed by atoms with Gasteiger partial charge in [-0.2, -0.15) is 14.7 Å². The summed E-state index contributed by atoms with van der Waals surface area (Å²) in [6.07, 6.45) is 3.73. The van der Waals surface area contributed by atoms with Gasteiger partial charge in [0.1, 0.15) is 23.0 Å². The Balaban J connectivity index is 1.34. The standard InChI is InChI=1S/C38H37N7O6S/c1-4-51-38(48)27-18-20-43(21-19-27)52(49,50)33-17-11-12-28(23-33)35-30(25-44(41-35)31-13-7-5-8-14-31)22-29(24-39)36(46)40-34-26(2)42(3)45(37(34)47)32-15-9-6-10-16-32/h5-17,22-23,25,27H,4,18-21H2,1-3H3,(H,40,46). The van der Waals surface area contributed by atoms with Crippen molar-refractivity contribution in [3.8, 4) is 28.7 Å². The third-order valence-corrected chi connectivity index (χ3v) is 10.9. The number of nitrogens with zero attached hydrogens (tertiary/aromatic N) is 6. The molecule has 6 rings (SSSR count). The normalized spacial score (nSPS) is 14.2. The van der Waals surface area contributed by atoms with E-state index < -0.39 is 21.5 Å². The number of esters is 1. The molecule has 1 fully saturated rings. The second kappa shape index (κ2) is 15.1. The first-order valence-electron chi connectivity index (χ1n) is 16.7. The molecule has 3 heterocycles. The van der Waals surface area contributed by atoms with Crippen LogP contribution in [0, 0.1) is 24.2 Å². The summed E-state index contributed by atoms with van der Waals surface area (Å²) in [7, 11) is -2.24. The number of hydrogen-bond acceptors (Lipinski definition) is 8. The fraction of sp³-hybridized carbons (Fsp3) is 0.237. The van der Waals surface area contributed by atoms with E-state index in [4.69, 9.17) is 9.84 Å². The van der Waals surface area contributed by atoms with E-state index in [1.807, 2.05) is 42.5 Å². The van der Waals surface area contributed by atoms with E-state index in [2.05, 4.69) is 5.32 Å². The van der Waals surface area contributed by atoms with Gasteiger partial charge >= 0.3 is 5.97 Å². The Bertz CT molecular complexity index is 2360. The van der Waals surface area contributed by atoms with Gasteiger partial charge in [0.15, 0.2) is 0 Å². The lowest BCUT2D eigenvalue weighted by atomic mass is 9.98. The summed E-state index contributed by atoms with van der Waals surface area (Å²) >= 11 is 0. The monoisotopic (exact) mass is 719 g/mol. The number of rotatable bonds is 10. The Labute approximate surface area is 301 Å². The molecule has 0 saturated carbocycles. The molecule has 1 amide bonds. The number of carbonyl (C=O) groups is 2. The highest BCUT2D eigenvalue weighted by molar-refractivity contribution is 7.89. The van der Waals surface area contributed by atoms with Crippen molar-refractivity contribution in [2.24, 2.45) is 13.0 Å². The van der Waals surface area contributed by atoms with E-state index in [-0.39, 0.29) is 47.7 Å². The molecule has 1 saturated heterocycles. The van der Waals surface area contributed by atoms with E-state index >= 15 is 0 Å². The van der Waals surface area contributed by atoms with Crippen molar-refractivity contribution in [1.82, 2.24) is 23.4 Å². The number of aromatic nitrogens is 4. The molecule has 2 aromatic heterocycles. The first-order valence-corrected chi connectivity index (χ1v) is 18.2. The fourth-order valence-electron chi connectivity index (χ4n) is 6.17. The van der Waals surface area contributed by atoms with Gasteiger partial charge < -0.3 is 10.1 Å². The van der Waals surface area contributed by atoms with Crippen molar-refractivity contribution < 1.29 is 22.7 Å². The Morgan fingerprint density at radius 3 is 2.29 bits per heavy atom. The molecule has 1 aliphatic heterocycles. The molecular weight excluding hydrogens is 683 g/mol. The highest BCUT2D eigenvalue weighted by Crippen LogP contribution is 2.30. The smallest absolute Gasteiger partial charge is 0.309 e. The molecule has 0 aliphatic carbocycles. The molecule has 0 unspecified atom stereocenters. The lowest BCUT2D eigenvalue weighted by Gasteiger charge is -2.30. The van der Waals surface area contributed by atoms with Crippen LogP contribution in [0.25, 0.3) is 28.7 Å². The number of piperidine rings is 1. The number of nitrogens with one attached hydrogen (secondary N) is 1. The SMILES string of the molecule is CCOC(=O)C1CCN(S(=O)(=O)c2cccc(-c3nn(-c4ccccc4)cc3C=C(C#N)C(=O)Nc3c(C)n(C)n(-c4ccccc4)c3=O)c2)CC1. The third-order valence-electron chi connectivity index (χ3n) is 9.04. The molecule has 0 spiro atoms. The molecular formula is C38H37N7O6S. The second-order valence-electron chi connectivity index (χ2n) is 12.2. The molecule has 1 aliphatic rings. The zero-order valence-electron chi connectivity index (χ0n) is 28.9. The lowest BCUT2D eigenvalue weighted by Crippen LogP contribution is -2.40. The first kappa shape index (κ1) is 35.8. The van der Waals surface area contributed by atoms with E-state index in [1.165, 1.54) is 27.2 Å². The topological polar surface area (TPSA) is 161 Å². The number of para-hydroxylation sites is 2. The molecule has 13 nitrogen and oxygen atoms in total. The van der Waals surface area contributed by atoms with Gasteiger partial charge in [-0.25, -0.2) is 17.8 Å². The maximum absolute atomic E-state index is 13.8. The zero-order chi connectivity index (χ0) is 37.0. The summed E-state index contributed by atoms with van der Waals surface area (Å²) in [5, 5.41) is 17.6. The van der Waals surface area contributed by atoms with Crippen LogP contribution in [-0.2, 0) is 31.4 Å². The summed E-state index contributed by atoms with van der Waals surface area (Å²) in [6.45, 7) is 4.04. The Morgan fingerprint density at radius 2 is 1.65 bits per heavy atom. The fourth-order valence-corrected chi connectivity index (χ4v) is 7.69. The number of benzene rings is 3. The van der Waals surface area contributed by atoms with Crippen molar-refractivity contribution >= 4 is 33.7 Å². The minimum Gasteiger partial charge on any atom is -0.466 e. The molecule has 5 aromatic rings. The van der Waals surface area contributed by atoms with Crippen molar-refractivity contribution in [2.45, 2.75) is 31.6 Å². The van der Waals surface area contributed by atoms with Crippen LogP contribution in [0.2, 0.25) is 0 Å². The van der Waals surface area contributed by atoms with Gasteiger partial charge in [0.25, 0.3) is 11.5 Å². The molecule has 266 valence electrons. The highest BCUT2D eigenvalue weighted by Gasteiger charge is 2.33. The van der Waals surface area contributed by atoms with Crippen LogP contribution < -0.4 is 10.9 Å². The van der Waals surface area contributed by atoms with Crippen molar-refractivity contribution in [3.63, 3.8) is 0 Å². The van der Waals surface area contributed by atoms with Gasteiger partial charge in [-0.3, -0.25) is 19.1 Å². The molecule has 1 N–H and O–H groups in total. The van der Waals surface area contributed by atoms with Gasteiger partial charge in [0.2, 0.25) is 10.0 Å². The van der Waals surface area contributed by atoms with Crippen LogP contribution >= 0.6 is 0 Å². The van der Waals surface area contributed by atoms with Gasteiger partial charge in [-0.15, -0.1) is 0 Å². The number of hydrogen-bond donors (Lipinski definition) is 1. The predicted molar refractivity (Wildman–Crippen MR) is 195 cm³/mol. The van der Waals surface area contributed by atoms with Crippen LogP contribution in [0.5, 0.6) is 0 Å². The number of anilines is 1. The Hall–Kier alpha value is -6.04.